The first-order chi connectivity index (χ1) is 13.3. The number of aromatic carboxylic acids is 1. The number of carboxylic acids is 2. The van der Waals surface area contributed by atoms with Crippen molar-refractivity contribution in [2.45, 2.75) is 39.3 Å². The van der Waals surface area contributed by atoms with Crippen LogP contribution in [0.4, 0.5) is 0 Å². The smallest absolute Gasteiger partial charge is 0.349 e. The topological polar surface area (TPSA) is 104 Å². The fourth-order valence-corrected chi connectivity index (χ4v) is 4.20. The van der Waals surface area contributed by atoms with E-state index in [1.54, 1.807) is 13.8 Å². The van der Waals surface area contributed by atoms with Crippen molar-refractivity contribution in [1.82, 2.24) is 4.90 Å². The predicted octanol–water partition coefficient (Wildman–Crippen LogP) is 3.40. The third kappa shape index (κ3) is 4.33. The number of thiophene rings is 1. The molecule has 1 aliphatic rings. The highest BCUT2D eigenvalue weighted by Gasteiger charge is 2.31. The largest absolute Gasteiger partial charge is 0.480 e. The summed E-state index contributed by atoms with van der Waals surface area (Å²) in [6.07, 6.45) is 2.05. The van der Waals surface area contributed by atoms with E-state index in [0.717, 1.165) is 35.3 Å². The molecular weight excluding hydrogens is 382 g/mol. The van der Waals surface area contributed by atoms with Gasteiger partial charge in [-0.1, -0.05) is 18.2 Å². The zero-order chi connectivity index (χ0) is 20.4. The zero-order valence-corrected chi connectivity index (χ0v) is 16.4. The fourth-order valence-electron chi connectivity index (χ4n) is 3.11. The van der Waals surface area contributed by atoms with Crippen molar-refractivity contribution in [3.8, 4) is 16.2 Å². The molecule has 3 rings (SSSR count). The Hall–Kier alpha value is -2.87. The molecule has 1 aromatic heterocycles. The standard InChI is InChI=1S/C20H21NO6S/c1-11-17(27-10-16(23)24)19(20(25)26)28-18(11)14-5-3-4-13(8-14)9-21(12(2)22)15-6-7-15/h3-5,8,15H,6-7,9-10H2,1-2H3,(H,23,24)(H,25,26). The van der Waals surface area contributed by atoms with Gasteiger partial charge in [0.05, 0.1) is 0 Å². The van der Waals surface area contributed by atoms with Crippen molar-refractivity contribution in [3.63, 3.8) is 0 Å². The molecule has 0 spiro atoms. The molecule has 1 fully saturated rings. The number of aliphatic carboxylic acids is 1. The van der Waals surface area contributed by atoms with Crippen LogP contribution in [0.25, 0.3) is 10.4 Å². The van der Waals surface area contributed by atoms with E-state index in [1.165, 1.54) is 0 Å². The molecule has 1 amide bonds. The van der Waals surface area contributed by atoms with E-state index in [4.69, 9.17) is 9.84 Å². The molecule has 28 heavy (non-hydrogen) atoms. The van der Waals surface area contributed by atoms with Gasteiger partial charge in [0, 0.05) is 30.0 Å². The van der Waals surface area contributed by atoms with Gasteiger partial charge in [-0.05, 0) is 37.0 Å². The number of carbonyl (C=O) groups is 3. The first-order valence-electron chi connectivity index (χ1n) is 8.85. The van der Waals surface area contributed by atoms with Crippen molar-refractivity contribution >= 4 is 29.2 Å². The first-order valence-corrected chi connectivity index (χ1v) is 9.67. The maximum Gasteiger partial charge on any atom is 0.349 e. The maximum absolute atomic E-state index is 11.9. The van der Waals surface area contributed by atoms with Gasteiger partial charge in [0.1, 0.15) is 5.75 Å². The Morgan fingerprint density at radius 2 is 1.96 bits per heavy atom. The van der Waals surface area contributed by atoms with Gasteiger partial charge < -0.3 is 19.8 Å². The van der Waals surface area contributed by atoms with Crippen LogP contribution in [0.1, 0.15) is 40.6 Å². The second-order valence-electron chi connectivity index (χ2n) is 6.78. The first kappa shape index (κ1) is 19.9. The Morgan fingerprint density at radius 1 is 1.25 bits per heavy atom. The zero-order valence-electron chi connectivity index (χ0n) is 15.6. The Labute approximate surface area is 166 Å². The molecule has 1 aromatic carbocycles. The fraction of sp³-hybridized carbons (Fsp3) is 0.350. The van der Waals surface area contributed by atoms with Crippen LogP contribution in [0.2, 0.25) is 0 Å². The Balaban J connectivity index is 1.92. The molecule has 8 heteroatoms. The molecule has 0 radical (unpaired) electrons. The minimum absolute atomic E-state index is 0.0255. The summed E-state index contributed by atoms with van der Waals surface area (Å²) in [5, 5.41) is 18.3. The number of benzene rings is 1. The number of rotatable bonds is 8. The molecule has 2 N–H and O–H groups in total. The van der Waals surface area contributed by atoms with E-state index in [2.05, 4.69) is 0 Å². The lowest BCUT2D eigenvalue weighted by atomic mass is 10.1. The molecule has 1 saturated carbocycles. The minimum Gasteiger partial charge on any atom is -0.480 e. The van der Waals surface area contributed by atoms with E-state index in [9.17, 15) is 19.5 Å². The van der Waals surface area contributed by atoms with Crippen LogP contribution in [-0.4, -0.2) is 45.6 Å². The van der Waals surface area contributed by atoms with Crippen molar-refractivity contribution in [1.29, 1.82) is 0 Å². The van der Waals surface area contributed by atoms with Crippen LogP contribution in [0, 0.1) is 6.92 Å². The van der Waals surface area contributed by atoms with Gasteiger partial charge in [-0.15, -0.1) is 11.3 Å². The molecule has 1 aliphatic carbocycles. The van der Waals surface area contributed by atoms with Crippen molar-refractivity contribution in [2.75, 3.05) is 6.61 Å². The molecule has 0 atom stereocenters. The van der Waals surface area contributed by atoms with Crippen molar-refractivity contribution in [3.05, 3.63) is 40.3 Å². The average molecular weight is 403 g/mol. The van der Waals surface area contributed by atoms with Crippen LogP contribution in [0.3, 0.4) is 0 Å². The summed E-state index contributed by atoms with van der Waals surface area (Å²) < 4.78 is 5.24. The average Bonchev–Trinajstić information content (AvgIpc) is 3.41. The molecule has 7 nitrogen and oxygen atoms in total. The van der Waals surface area contributed by atoms with E-state index >= 15 is 0 Å². The van der Waals surface area contributed by atoms with E-state index in [0.29, 0.717) is 23.0 Å². The minimum atomic E-state index is -1.17. The third-order valence-corrected chi connectivity index (χ3v) is 5.87. The second kappa shape index (κ2) is 8.02. The lowest BCUT2D eigenvalue weighted by Crippen LogP contribution is -2.30. The summed E-state index contributed by atoms with van der Waals surface area (Å²) in [5.41, 5.74) is 2.36. The Bertz CT molecular complexity index is 931. The SMILES string of the molecule is CC(=O)N(Cc1cccc(-c2sc(C(=O)O)c(OCC(=O)O)c2C)c1)C1CC1. The quantitative estimate of drug-likeness (QED) is 0.700. The highest BCUT2D eigenvalue weighted by molar-refractivity contribution is 7.18. The normalized spacial score (nSPS) is 13.2. The van der Waals surface area contributed by atoms with Gasteiger partial charge in [-0.2, -0.15) is 0 Å². The number of nitrogens with zero attached hydrogens (tertiary/aromatic N) is 1. The number of hydrogen-bond acceptors (Lipinski definition) is 5. The number of carbonyl (C=O) groups excluding carboxylic acids is 1. The second-order valence-corrected chi connectivity index (χ2v) is 7.80. The summed E-state index contributed by atoms with van der Waals surface area (Å²) >= 11 is 1.05. The number of ether oxygens (including phenoxy) is 1. The van der Waals surface area contributed by atoms with Gasteiger partial charge in [-0.3, -0.25) is 4.79 Å². The van der Waals surface area contributed by atoms with E-state index in [1.807, 2.05) is 29.2 Å². The number of carboxylic acid groups (broad SMARTS) is 2. The lowest BCUT2D eigenvalue weighted by molar-refractivity contribution is -0.139. The van der Waals surface area contributed by atoms with Gasteiger partial charge >= 0.3 is 11.9 Å². The van der Waals surface area contributed by atoms with Crippen LogP contribution in [0.15, 0.2) is 24.3 Å². The Kier molecular flexibility index (Phi) is 5.69. The summed E-state index contributed by atoms with van der Waals surface area (Å²) in [7, 11) is 0. The molecule has 0 unspecified atom stereocenters. The van der Waals surface area contributed by atoms with Crippen LogP contribution >= 0.6 is 11.3 Å². The monoisotopic (exact) mass is 403 g/mol. The highest BCUT2D eigenvalue weighted by Crippen LogP contribution is 2.41. The van der Waals surface area contributed by atoms with Gasteiger partial charge in [0.2, 0.25) is 5.91 Å². The molecular formula is C20H21NO6S. The van der Waals surface area contributed by atoms with Gasteiger partial charge in [-0.25, -0.2) is 9.59 Å². The lowest BCUT2D eigenvalue weighted by Gasteiger charge is -2.21. The van der Waals surface area contributed by atoms with Crippen LogP contribution < -0.4 is 4.74 Å². The third-order valence-electron chi connectivity index (χ3n) is 4.56. The van der Waals surface area contributed by atoms with E-state index < -0.39 is 18.5 Å². The molecule has 0 saturated heterocycles. The van der Waals surface area contributed by atoms with Crippen LogP contribution in [-0.2, 0) is 16.1 Å². The molecule has 1 heterocycles. The summed E-state index contributed by atoms with van der Waals surface area (Å²) in [6, 6.07) is 7.91. The van der Waals surface area contributed by atoms with Crippen LogP contribution in [0.5, 0.6) is 5.75 Å². The predicted molar refractivity (Wildman–Crippen MR) is 104 cm³/mol. The van der Waals surface area contributed by atoms with Crippen molar-refractivity contribution in [2.24, 2.45) is 0 Å². The molecule has 2 aromatic rings. The Morgan fingerprint density at radius 3 is 2.54 bits per heavy atom. The number of amides is 1. The number of hydrogen-bond donors (Lipinski definition) is 2. The highest BCUT2D eigenvalue weighted by atomic mass is 32.1. The summed E-state index contributed by atoms with van der Waals surface area (Å²) in [6.45, 7) is 3.18. The van der Waals surface area contributed by atoms with E-state index in [-0.39, 0.29) is 16.5 Å². The maximum atomic E-state index is 11.9. The summed E-state index contributed by atoms with van der Waals surface area (Å²) in [5.74, 6) is -2.20. The van der Waals surface area contributed by atoms with Gasteiger partial charge in [0.25, 0.3) is 0 Å². The molecule has 0 aliphatic heterocycles. The molecule has 148 valence electrons. The summed E-state index contributed by atoms with van der Waals surface area (Å²) in [4.78, 5) is 36.8. The van der Waals surface area contributed by atoms with Gasteiger partial charge in [0.15, 0.2) is 11.5 Å². The molecule has 0 bridgehead atoms. The van der Waals surface area contributed by atoms with Crippen molar-refractivity contribution < 1.29 is 29.3 Å².